The van der Waals surface area contributed by atoms with Crippen LogP contribution in [-0.2, 0) is 18.4 Å². The van der Waals surface area contributed by atoms with Gasteiger partial charge in [0, 0.05) is 38.7 Å². The van der Waals surface area contributed by atoms with Gasteiger partial charge in [-0.1, -0.05) is 45.0 Å². The first kappa shape index (κ1) is 23.9. The highest BCUT2D eigenvalue weighted by molar-refractivity contribution is 14.0. The fourth-order valence-electron chi connectivity index (χ4n) is 3.01. The van der Waals surface area contributed by atoms with Crippen molar-refractivity contribution in [3.05, 3.63) is 78.0 Å². The first-order chi connectivity index (χ1) is 14.0. The molecule has 0 fully saturated rings. The molecule has 1 aromatic carbocycles. The molecule has 0 bridgehead atoms. The lowest BCUT2D eigenvalue weighted by molar-refractivity contribution is 0.590. The van der Waals surface area contributed by atoms with Gasteiger partial charge in [-0.3, -0.25) is 9.56 Å². The summed E-state index contributed by atoms with van der Waals surface area (Å²) in [5.41, 5.74) is 4.00. The summed E-state index contributed by atoms with van der Waals surface area (Å²) in [5, 5.41) is 6.74. The van der Waals surface area contributed by atoms with E-state index >= 15 is 0 Å². The molecule has 0 unspecified atom stereocenters. The Bertz CT molecular complexity index is 927. The molecule has 0 amide bonds. The molecular weight excluding hydrogens is 487 g/mol. The molecule has 0 spiro atoms. The molecule has 3 rings (SSSR count). The number of hydrogen-bond donors (Lipinski definition) is 2. The van der Waals surface area contributed by atoms with Crippen LogP contribution in [-0.4, -0.2) is 34.1 Å². The highest BCUT2D eigenvalue weighted by atomic mass is 127. The van der Waals surface area contributed by atoms with E-state index in [0.717, 1.165) is 30.3 Å². The van der Waals surface area contributed by atoms with E-state index in [1.807, 2.05) is 29.1 Å². The van der Waals surface area contributed by atoms with E-state index in [1.165, 1.54) is 11.1 Å². The molecule has 2 N–H and O–H groups in total. The van der Waals surface area contributed by atoms with Crippen LogP contribution in [0.1, 0.15) is 37.5 Å². The Morgan fingerprint density at radius 1 is 1.03 bits per heavy atom. The lowest BCUT2D eigenvalue weighted by Gasteiger charge is -2.19. The summed E-state index contributed by atoms with van der Waals surface area (Å²) in [6.07, 6.45) is 8.13. The van der Waals surface area contributed by atoms with E-state index in [2.05, 4.69) is 70.6 Å². The third-order valence-corrected chi connectivity index (χ3v) is 4.79. The quantitative estimate of drug-likeness (QED) is 0.293. The first-order valence-electron chi connectivity index (χ1n) is 9.93. The van der Waals surface area contributed by atoms with Crippen LogP contribution in [0.2, 0.25) is 0 Å². The lowest BCUT2D eigenvalue weighted by atomic mass is 9.86. The number of imidazole rings is 1. The van der Waals surface area contributed by atoms with Crippen LogP contribution in [0.5, 0.6) is 0 Å². The van der Waals surface area contributed by atoms with Gasteiger partial charge < -0.3 is 10.6 Å². The number of aliphatic imine (C=N–C) groups is 1. The Labute approximate surface area is 196 Å². The Kier molecular flexibility index (Phi) is 8.83. The van der Waals surface area contributed by atoms with Crippen molar-refractivity contribution >= 4 is 29.9 Å². The van der Waals surface area contributed by atoms with E-state index in [-0.39, 0.29) is 29.4 Å². The molecule has 0 atom stereocenters. The summed E-state index contributed by atoms with van der Waals surface area (Å²) < 4.78 is 1.89. The number of pyridine rings is 1. The van der Waals surface area contributed by atoms with Crippen LogP contribution in [0, 0.1) is 0 Å². The van der Waals surface area contributed by atoms with Gasteiger partial charge in [-0.15, -0.1) is 24.0 Å². The van der Waals surface area contributed by atoms with E-state index in [4.69, 9.17) is 0 Å². The van der Waals surface area contributed by atoms with Gasteiger partial charge in [-0.05, 0) is 40.7 Å². The van der Waals surface area contributed by atoms with E-state index in [9.17, 15) is 0 Å². The zero-order valence-electron chi connectivity index (χ0n) is 18.1. The Morgan fingerprint density at radius 3 is 2.43 bits per heavy atom. The average Bonchev–Trinajstić information content (AvgIpc) is 3.25. The standard InChI is InChI=1S/C23H30N6.HI/c1-23(2,3)20-7-5-18(6-8-20)9-12-27-22(24-4)28-16-19-10-11-26-21(15-19)29-14-13-25-17-29;/h5-8,10-11,13-15,17H,9,12,16H2,1-4H3,(H2,24,27,28);1H. The van der Waals surface area contributed by atoms with Gasteiger partial charge in [-0.2, -0.15) is 0 Å². The molecular formula is C23H31IN6. The monoisotopic (exact) mass is 518 g/mol. The molecule has 0 aliphatic rings. The number of nitrogens with zero attached hydrogens (tertiary/aromatic N) is 4. The van der Waals surface area contributed by atoms with E-state index in [1.54, 1.807) is 19.6 Å². The first-order valence-corrected chi connectivity index (χ1v) is 9.93. The number of rotatable bonds is 6. The molecule has 0 aliphatic heterocycles. The van der Waals surface area contributed by atoms with Gasteiger partial charge in [0.25, 0.3) is 0 Å². The summed E-state index contributed by atoms with van der Waals surface area (Å²) in [6.45, 7) is 8.20. The highest BCUT2D eigenvalue weighted by Crippen LogP contribution is 2.22. The second-order valence-electron chi connectivity index (χ2n) is 8.04. The van der Waals surface area contributed by atoms with Crippen molar-refractivity contribution in [2.75, 3.05) is 13.6 Å². The van der Waals surface area contributed by atoms with Gasteiger partial charge >= 0.3 is 0 Å². The van der Waals surface area contributed by atoms with Crippen LogP contribution in [0.3, 0.4) is 0 Å². The van der Waals surface area contributed by atoms with Gasteiger partial charge in [0.1, 0.15) is 12.1 Å². The SMILES string of the molecule is CN=C(NCCc1ccc(C(C)(C)C)cc1)NCc1ccnc(-n2ccnc2)c1.I. The number of benzene rings is 1. The minimum Gasteiger partial charge on any atom is -0.356 e. The zero-order valence-corrected chi connectivity index (χ0v) is 20.4. The van der Waals surface area contributed by atoms with Crippen molar-refractivity contribution in [1.29, 1.82) is 0 Å². The number of hydrogen-bond acceptors (Lipinski definition) is 3. The van der Waals surface area contributed by atoms with Crippen molar-refractivity contribution in [2.45, 2.75) is 39.2 Å². The topological polar surface area (TPSA) is 67.1 Å². The molecule has 7 heteroatoms. The maximum atomic E-state index is 4.38. The fraction of sp³-hybridized carbons (Fsp3) is 0.348. The molecule has 0 radical (unpaired) electrons. The fourth-order valence-corrected chi connectivity index (χ4v) is 3.01. The molecule has 0 saturated carbocycles. The van der Waals surface area contributed by atoms with Crippen molar-refractivity contribution in [3.8, 4) is 5.82 Å². The van der Waals surface area contributed by atoms with Crippen LogP contribution in [0.4, 0.5) is 0 Å². The van der Waals surface area contributed by atoms with Crippen molar-refractivity contribution in [2.24, 2.45) is 4.99 Å². The van der Waals surface area contributed by atoms with Gasteiger partial charge in [0.15, 0.2) is 5.96 Å². The highest BCUT2D eigenvalue weighted by Gasteiger charge is 2.12. The second-order valence-corrected chi connectivity index (χ2v) is 8.04. The van der Waals surface area contributed by atoms with Crippen molar-refractivity contribution in [3.63, 3.8) is 0 Å². The third kappa shape index (κ3) is 6.83. The largest absolute Gasteiger partial charge is 0.356 e. The number of guanidine groups is 1. The summed E-state index contributed by atoms with van der Waals surface area (Å²) in [5.74, 6) is 1.64. The Morgan fingerprint density at radius 2 is 1.80 bits per heavy atom. The van der Waals surface area contributed by atoms with Gasteiger partial charge in [-0.25, -0.2) is 9.97 Å². The molecule has 0 saturated heterocycles. The Hall–Kier alpha value is -2.42. The van der Waals surface area contributed by atoms with Crippen LogP contribution < -0.4 is 10.6 Å². The number of halogens is 1. The summed E-state index contributed by atoms with van der Waals surface area (Å²) in [4.78, 5) is 12.8. The third-order valence-electron chi connectivity index (χ3n) is 4.79. The minimum absolute atomic E-state index is 0. The molecule has 0 aliphatic carbocycles. The van der Waals surface area contributed by atoms with Crippen molar-refractivity contribution < 1.29 is 0 Å². The normalized spacial score (nSPS) is 11.7. The van der Waals surface area contributed by atoms with Crippen LogP contribution in [0.25, 0.3) is 5.82 Å². The molecule has 30 heavy (non-hydrogen) atoms. The molecule has 3 aromatic rings. The Balaban J connectivity index is 0.00000320. The lowest BCUT2D eigenvalue weighted by Crippen LogP contribution is -2.37. The van der Waals surface area contributed by atoms with Gasteiger partial charge in [0.2, 0.25) is 0 Å². The maximum Gasteiger partial charge on any atom is 0.191 e. The van der Waals surface area contributed by atoms with Crippen molar-refractivity contribution in [1.82, 2.24) is 25.2 Å². The van der Waals surface area contributed by atoms with E-state index < -0.39 is 0 Å². The summed E-state index contributed by atoms with van der Waals surface area (Å²) >= 11 is 0. The molecule has 2 heterocycles. The summed E-state index contributed by atoms with van der Waals surface area (Å²) in [7, 11) is 1.79. The predicted octanol–water partition coefficient (Wildman–Crippen LogP) is 4.09. The summed E-state index contributed by atoms with van der Waals surface area (Å²) in [6, 6.07) is 12.9. The molecule has 6 nitrogen and oxygen atoms in total. The molecule has 2 aromatic heterocycles. The number of aromatic nitrogens is 3. The predicted molar refractivity (Wildman–Crippen MR) is 134 cm³/mol. The van der Waals surface area contributed by atoms with Crippen LogP contribution in [0.15, 0.2) is 66.3 Å². The van der Waals surface area contributed by atoms with E-state index in [0.29, 0.717) is 6.54 Å². The zero-order chi connectivity index (χ0) is 20.7. The van der Waals surface area contributed by atoms with Gasteiger partial charge in [0.05, 0.1) is 0 Å². The average molecular weight is 518 g/mol. The maximum absolute atomic E-state index is 4.38. The second kappa shape index (κ2) is 11.1. The van der Waals surface area contributed by atoms with Crippen LogP contribution >= 0.6 is 24.0 Å². The number of nitrogens with one attached hydrogen (secondary N) is 2. The smallest absolute Gasteiger partial charge is 0.191 e. The molecule has 160 valence electrons. The minimum atomic E-state index is 0.